The van der Waals surface area contributed by atoms with E-state index in [0.29, 0.717) is 17.0 Å². The molecule has 0 fully saturated rings. The van der Waals surface area contributed by atoms with Gasteiger partial charge in [0.05, 0.1) is 11.1 Å². The van der Waals surface area contributed by atoms with Gasteiger partial charge in [-0.25, -0.2) is 9.59 Å². The molecule has 0 N–H and O–H groups in total. The smallest absolute Gasteiger partial charge is 0.417 e. The molecule has 4 nitrogen and oxygen atoms in total. The van der Waals surface area contributed by atoms with Crippen LogP contribution in [0.1, 0.15) is 11.1 Å². The van der Waals surface area contributed by atoms with Crippen LogP contribution >= 0.6 is 0 Å². The second kappa shape index (κ2) is 5.84. The molecule has 7 heteroatoms. The number of halogens is 3. The summed E-state index contributed by atoms with van der Waals surface area (Å²) >= 11 is 0. The fourth-order valence-corrected chi connectivity index (χ4v) is 3.06. The van der Waals surface area contributed by atoms with Gasteiger partial charge in [-0.05, 0) is 25.1 Å². The summed E-state index contributed by atoms with van der Waals surface area (Å²) in [4.78, 5) is 24.1. The third-order valence-corrected chi connectivity index (χ3v) is 4.25. The number of aryl methyl sites for hydroxylation is 1. The van der Waals surface area contributed by atoms with Crippen molar-refractivity contribution in [1.29, 1.82) is 0 Å². The SMILES string of the molecule is Cc1ccc2oc(=O)c(-c3cccc4c(C(F)(F)F)cc(=O)oc34)cc2c1. The minimum Gasteiger partial charge on any atom is -0.422 e. The van der Waals surface area contributed by atoms with E-state index in [1.54, 1.807) is 18.2 Å². The fraction of sp³-hybridized carbons (Fsp3) is 0.100. The quantitative estimate of drug-likeness (QED) is 0.446. The lowest BCUT2D eigenvalue weighted by atomic mass is 10.0. The fourth-order valence-electron chi connectivity index (χ4n) is 3.06. The van der Waals surface area contributed by atoms with Crippen LogP contribution < -0.4 is 11.3 Å². The second-order valence-electron chi connectivity index (χ2n) is 6.15. The van der Waals surface area contributed by atoms with Crippen molar-refractivity contribution in [3.63, 3.8) is 0 Å². The second-order valence-corrected chi connectivity index (χ2v) is 6.15. The van der Waals surface area contributed by atoms with Gasteiger partial charge in [-0.3, -0.25) is 0 Å². The Bertz CT molecular complexity index is 1310. The Labute approximate surface area is 149 Å². The van der Waals surface area contributed by atoms with Crippen molar-refractivity contribution >= 4 is 21.9 Å². The van der Waals surface area contributed by atoms with Crippen molar-refractivity contribution in [1.82, 2.24) is 0 Å². The first-order chi connectivity index (χ1) is 12.7. The molecule has 0 bridgehead atoms. The van der Waals surface area contributed by atoms with Gasteiger partial charge < -0.3 is 8.83 Å². The van der Waals surface area contributed by atoms with Gasteiger partial charge in [-0.2, -0.15) is 13.2 Å². The number of hydrogen-bond acceptors (Lipinski definition) is 4. The molecule has 4 rings (SSSR count). The van der Waals surface area contributed by atoms with Crippen LogP contribution in [0.3, 0.4) is 0 Å². The molecular formula is C20H11F3O4. The molecule has 4 aromatic rings. The Morgan fingerprint density at radius 3 is 2.41 bits per heavy atom. The normalized spacial score (nSPS) is 12.0. The molecule has 0 saturated carbocycles. The summed E-state index contributed by atoms with van der Waals surface area (Å²) < 4.78 is 50.2. The Morgan fingerprint density at radius 2 is 1.67 bits per heavy atom. The van der Waals surface area contributed by atoms with Crippen LogP contribution in [-0.4, -0.2) is 0 Å². The first kappa shape index (κ1) is 17.1. The third kappa shape index (κ3) is 2.91. The summed E-state index contributed by atoms with van der Waals surface area (Å²) in [5.74, 6) is 0. The zero-order valence-electron chi connectivity index (χ0n) is 13.9. The van der Waals surface area contributed by atoms with Crippen molar-refractivity contribution in [3.8, 4) is 11.1 Å². The van der Waals surface area contributed by atoms with Gasteiger partial charge in [0, 0.05) is 22.4 Å². The Balaban J connectivity index is 2.10. The number of rotatable bonds is 1. The molecule has 2 aromatic carbocycles. The summed E-state index contributed by atoms with van der Waals surface area (Å²) in [7, 11) is 0. The van der Waals surface area contributed by atoms with Crippen LogP contribution in [0.25, 0.3) is 33.1 Å². The average Bonchev–Trinajstić information content (AvgIpc) is 2.59. The van der Waals surface area contributed by atoms with Gasteiger partial charge >= 0.3 is 17.4 Å². The zero-order valence-corrected chi connectivity index (χ0v) is 13.9. The predicted molar refractivity (Wildman–Crippen MR) is 93.7 cm³/mol. The van der Waals surface area contributed by atoms with Crippen LogP contribution in [-0.2, 0) is 6.18 Å². The van der Waals surface area contributed by atoms with E-state index >= 15 is 0 Å². The van der Waals surface area contributed by atoms with E-state index in [0.717, 1.165) is 5.56 Å². The number of hydrogen-bond donors (Lipinski definition) is 0. The van der Waals surface area contributed by atoms with Crippen molar-refractivity contribution < 1.29 is 22.0 Å². The number of alkyl halides is 3. The van der Waals surface area contributed by atoms with E-state index in [1.807, 2.05) is 6.92 Å². The first-order valence-electron chi connectivity index (χ1n) is 7.93. The molecular weight excluding hydrogens is 361 g/mol. The largest absolute Gasteiger partial charge is 0.422 e. The Hall–Kier alpha value is -3.35. The number of fused-ring (bicyclic) bond motifs is 2. The number of para-hydroxylation sites is 1. The standard InChI is InChI=1S/C20H11F3O4/c1-10-5-6-16-11(7-10)8-14(19(25)26-16)12-3-2-4-13-15(20(21,22)23)9-17(24)27-18(12)13/h2-9H,1H3. The van der Waals surface area contributed by atoms with Gasteiger partial charge in [-0.1, -0.05) is 29.8 Å². The lowest BCUT2D eigenvalue weighted by Gasteiger charge is -2.11. The minimum absolute atomic E-state index is 0.0150. The summed E-state index contributed by atoms with van der Waals surface area (Å²) in [6.07, 6.45) is -4.74. The molecule has 0 atom stereocenters. The van der Waals surface area contributed by atoms with Crippen LogP contribution in [0.4, 0.5) is 13.2 Å². The maximum absolute atomic E-state index is 13.3. The summed E-state index contributed by atoms with van der Waals surface area (Å²) in [6, 6.07) is 11.1. The highest BCUT2D eigenvalue weighted by atomic mass is 19.4. The molecule has 0 radical (unpaired) electrons. The van der Waals surface area contributed by atoms with E-state index in [2.05, 4.69) is 0 Å². The maximum atomic E-state index is 13.3. The van der Waals surface area contributed by atoms with Gasteiger partial charge in [0.1, 0.15) is 11.2 Å². The molecule has 0 amide bonds. The topological polar surface area (TPSA) is 60.4 Å². The highest BCUT2D eigenvalue weighted by Crippen LogP contribution is 2.36. The van der Waals surface area contributed by atoms with Crippen LogP contribution in [0.15, 0.2) is 67.0 Å². The molecule has 0 saturated heterocycles. The van der Waals surface area contributed by atoms with Crippen LogP contribution in [0.2, 0.25) is 0 Å². The summed E-state index contributed by atoms with van der Waals surface area (Å²) in [5, 5.41) is 0.305. The zero-order chi connectivity index (χ0) is 19.3. The molecule has 0 unspecified atom stereocenters. The lowest BCUT2D eigenvalue weighted by Crippen LogP contribution is -2.12. The summed E-state index contributed by atoms with van der Waals surface area (Å²) in [6.45, 7) is 1.86. The summed E-state index contributed by atoms with van der Waals surface area (Å²) in [5.41, 5.74) is -1.96. The van der Waals surface area contributed by atoms with Crippen molar-refractivity contribution in [2.24, 2.45) is 0 Å². The highest BCUT2D eigenvalue weighted by Gasteiger charge is 2.34. The van der Waals surface area contributed by atoms with E-state index < -0.39 is 23.0 Å². The monoisotopic (exact) mass is 372 g/mol. The van der Waals surface area contributed by atoms with E-state index in [1.165, 1.54) is 24.3 Å². The van der Waals surface area contributed by atoms with Crippen LogP contribution in [0, 0.1) is 6.92 Å². The average molecular weight is 372 g/mol. The molecule has 0 spiro atoms. The van der Waals surface area contributed by atoms with Crippen molar-refractivity contribution in [3.05, 3.63) is 80.5 Å². The van der Waals surface area contributed by atoms with E-state index in [4.69, 9.17) is 8.83 Å². The molecule has 27 heavy (non-hydrogen) atoms. The van der Waals surface area contributed by atoms with Crippen molar-refractivity contribution in [2.45, 2.75) is 13.1 Å². The van der Waals surface area contributed by atoms with Crippen molar-refractivity contribution in [2.75, 3.05) is 0 Å². The molecule has 136 valence electrons. The van der Waals surface area contributed by atoms with E-state index in [-0.39, 0.29) is 22.1 Å². The number of benzene rings is 2. The minimum atomic E-state index is -4.74. The lowest BCUT2D eigenvalue weighted by molar-refractivity contribution is -0.136. The van der Waals surface area contributed by atoms with Gasteiger partial charge in [0.15, 0.2) is 0 Å². The molecule has 0 aliphatic carbocycles. The Kier molecular flexibility index (Phi) is 3.69. The highest BCUT2D eigenvalue weighted by molar-refractivity contribution is 5.95. The van der Waals surface area contributed by atoms with Gasteiger partial charge in [-0.15, -0.1) is 0 Å². The third-order valence-electron chi connectivity index (χ3n) is 4.25. The van der Waals surface area contributed by atoms with Gasteiger partial charge in [0.2, 0.25) is 0 Å². The van der Waals surface area contributed by atoms with Crippen LogP contribution in [0.5, 0.6) is 0 Å². The Morgan fingerprint density at radius 1 is 0.889 bits per heavy atom. The molecule has 0 aliphatic rings. The predicted octanol–water partition coefficient (Wildman–Crippen LogP) is 4.89. The van der Waals surface area contributed by atoms with E-state index in [9.17, 15) is 22.8 Å². The van der Waals surface area contributed by atoms with Gasteiger partial charge in [0.25, 0.3) is 0 Å². The molecule has 2 aromatic heterocycles. The first-order valence-corrected chi connectivity index (χ1v) is 7.93. The molecule has 0 aliphatic heterocycles. The molecule has 2 heterocycles. The maximum Gasteiger partial charge on any atom is 0.417 e.